The van der Waals surface area contributed by atoms with Crippen LogP contribution in [0.5, 0.6) is 11.5 Å². The zero-order valence-electron chi connectivity index (χ0n) is 13.2. The van der Waals surface area contributed by atoms with Crippen LogP contribution in [0.2, 0.25) is 0 Å². The minimum Gasteiger partial charge on any atom is -0.388 e. The highest BCUT2D eigenvalue weighted by molar-refractivity contribution is 5.43. The zero-order valence-corrected chi connectivity index (χ0v) is 13.2. The molecule has 0 saturated carbocycles. The van der Waals surface area contributed by atoms with E-state index >= 15 is 0 Å². The van der Waals surface area contributed by atoms with Gasteiger partial charge in [0.2, 0.25) is 0 Å². The highest BCUT2D eigenvalue weighted by Gasteiger charge is 2.20. The largest absolute Gasteiger partial charge is 0.388 e. The third kappa shape index (κ3) is 4.25. The van der Waals surface area contributed by atoms with E-state index < -0.39 is 0 Å². The van der Waals surface area contributed by atoms with E-state index in [2.05, 4.69) is 13.8 Å². The summed E-state index contributed by atoms with van der Waals surface area (Å²) < 4.78 is 9.95. The van der Waals surface area contributed by atoms with Crippen LogP contribution in [0.3, 0.4) is 0 Å². The Labute approximate surface area is 136 Å². The first-order valence-corrected chi connectivity index (χ1v) is 7.46. The minimum absolute atomic E-state index is 0.107. The van der Waals surface area contributed by atoms with E-state index in [9.17, 15) is 0 Å². The number of rotatable bonds is 6. The first-order chi connectivity index (χ1) is 11.2. The highest BCUT2D eigenvalue weighted by Crippen LogP contribution is 2.36. The van der Waals surface area contributed by atoms with Crippen LogP contribution >= 0.6 is 0 Å². The number of para-hydroxylation sites is 1. The molecule has 0 bridgehead atoms. The number of ether oxygens (including phenoxy) is 2. The second kappa shape index (κ2) is 7.87. The lowest BCUT2D eigenvalue weighted by atomic mass is 9.84. The molecule has 0 aliphatic heterocycles. The molecule has 1 unspecified atom stereocenters. The van der Waals surface area contributed by atoms with E-state index in [-0.39, 0.29) is 5.92 Å². The maximum atomic E-state index is 8.85. The van der Waals surface area contributed by atoms with E-state index in [1.54, 1.807) is 30.7 Å². The molecular formula is C19H18N2O2. The molecule has 0 spiro atoms. The Morgan fingerprint density at radius 2 is 1.57 bits per heavy atom. The smallest absolute Gasteiger partial charge is 0.292 e. The minimum atomic E-state index is 0.107. The van der Waals surface area contributed by atoms with Crippen molar-refractivity contribution in [1.29, 1.82) is 10.5 Å². The molecule has 0 fully saturated rings. The number of nitriles is 2. The van der Waals surface area contributed by atoms with Crippen molar-refractivity contribution in [3.05, 3.63) is 59.7 Å². The van der Waals surface area contributed by atoms with Gasteiger partial charge in [0.1, 0.15) is 11.5 Å². The average Bonchev–Trinajstić information content (AvgIpc) is 2.55. The summed E-state index contributed by atoms with van der Waals surface area (Å²) in [4.78, 5) is 0. The fourth-order valence-electron chi connectivity index (χ4n) is 2.65. The van der Waals surface area contributed by atoms with Crippen LogP contribution in [0.15, 0.2) is 48.5 Å². The van der Waals surface area contributed by atoms with Crippen molar-refractivity contribution in [1.82, 2.24) is 0 Å². The summed E-state index contributed by atoms with van der Waals surface area (Å²) in [6.45, 7) is 4.32. The molecule has 0 aromatic heterocycles. The molecule has 0 radical (unpaired) electrons. The second-order valence-corrected chi connectivity index (χ2v) is 5.68. The molecule has 0 heterocycles. The van der Waals surface area contributed by atoms with Crippen LogP contribution in [0, 0.1) is 29.0 Å². The van der Waals surface area contributed by atoms with Gasteiger partial charge in [-0.1, -0.05) is 44.2 Å². The molecule has 1 atom stereocenters. The van der Waals surface area contributed by atoms with Gasteiger partial charge in [-0.3, -0.25) is 0 Å². The third-order valence-electron chi connectivity index (χ3n) is 3.60. The van der Waals surface area contributed by atoms with E-state index in [4.69, 9.17) is 20.0 Å². The summed E-state index contributed by atoms with van der Waals surface area (Å²) in [7, 11) is 0. The predicted molar refractivity (Wildman–Crippen MR) is 86.7 cm³/mol. The van der Waals surface area contributed by atoms with Crippen molar-refractivity contribution in [2.45, 2.75) is 26.2 Å². The van der Waals surface area contributed by atoms with Gasteiger partial charge in [-0.25, -0.2) is 0 Å². The van der Waals surface area contributed by atoms with Gasteiger partial charge in [-0.2, -0.15) is 0 Å². The summed E-state index contributed by atoms with van der Waals surface area (Å²) in [5.41, 5.74) is 2.08. The van der Waals surface area contributed by atoms with Crippen LogP contribution in [0.25, 0.3) is 0 Å². The van der Waals surface area contributed by atoms with E-state index in [1.807, 2.05) is 30.3 Å². The second-order valence-electron chi connectivity index (χ2n) is 5.68. The number of hydrogen-bond acceptors (Lipinski definition) is 4. The summed E-state index contributed by atoms with van der Waals surface area (Å²) in [5.74, 6) is 1.68. The fourth-order valence-corrected chi connectivity index (χ4v) is 2.65. The lowest BCUT2D eigenvalue weighted by molar-refractivity contribution is 0.480. The Bertz CT molecular complexity index is 724. The van der Waals surface area contributed by atoms with Gasteiger partial charge in [-0.15, -0.1) is 10.5 Å². The van der Waals surface area contributed by atoms with Gasteiger partial charge < -0.3 is 9.47 Å². The molecule has 0 saturated heterocycles. The standard InChI is InChI=1S/C19H18N2O2/c1-14(2)11-18(15-7-9-16(10-8-15)22-12-20)17-5-3-4-6-19(17)23-13-21/h3-10,14,18H,11H2,1-2H3. The Kier molecular flexibility index (Phi) is 5.61. The van der Waals surface area contributed by atoms with Crippen molar-refractivity contribution >= 4 is 0 Å². The number of nitrogens with zero attached hydrogens (tertiary/aromatic N) is 2. The normalized spacial score (nSPS) is 11.3. The summed E-state index contributed by atoms with van der Waals surface area (Å²) >= 11 is 0. The average molecular weight is 306 g/mol. The van der Waals surface area contributed by atoms with E-state index in [0.717, 1.165) is 17.5 Å². The van der Waals surface area contributed by atoms with Gasteiger partial charge in [0, 0.05) is 11.5 Å². The van der Waals surface area contributed by atoms with Crippen molar-refractivity contribution in [3.63, 3.8) is 0 Å². The SMILES string of the molecule is CC(C)CC(c1ccc(OC#N)cc1)c1ccccc1OC#N. The molecule has 116 valence electrons. The van der Waals surface area contributed by atoms with E-state index in [0.29, 0.717) is 17.4 Å². The highest BCUT2D eigenvalue weighted by atomic mass is 16.5. The quantitative estimate of drug-likeness (QED) is 0.732. The lowest BCUT2D eigenvalue weighted by Crippen LogP contribution is -2.06. The van der Waals surface area contributed by atoms with Crippen LogP contribution in [0.1, 0.15) is 37.3 Å². The van der Waals surface area contributed by atoms with Gasteiger partial charge >= 0.3 is 0 Å². The van der Waals surface area contributed by atoms with Gasteiger partial charge in [-0.05, 0) is 36.1 Å². The first kappa shape index (κ1) is 16.4. The van der Waals surface area contributed by atoms with Crippen molar-refractivity contribution in [2.75, 3.05) is 0 Å². The Morgan fingerprint density at radius 3 is 2.17 bits per heavy atom. The van der Waals surface area contributed by atoms with Crippen molar-refractivity contribution < 1.29 is 9.47 Å². The van der Waals surface area contributed by atoms with Gasteiger partial charge in [0.05, 0.1) is 0 Å². The summed E-state index contributed by atoms with van der Waals surface area (Å²) in [6, 6.07) is 15.0. The molecule has 23 heavy (non-hydrogen) atoms. The summed E-state index contributed by atoms with van der Waals surface area (Å²) in [6.07, 6.45) is 4.34. The fraction of sp³-hybridized carbons (Fsp3) is 0.263. The van der Waals surface area contributed by atoms with Gasteiger partial charge in [0.25, 0.3) is 12.5 Å². The Balaban J connectivity index is 2.42. The van der Waals surface area contributed by atoms with Crippen LogP contribution < -0.4 is 9.47 Å². The molecule has 2 aromatic carbocycles. The molecule has 4 heteroatoms. The Morgan fingerprint density at radius 1 is 0.913 bits per heavy atom. The molecule has 4 nitrogen and oxygen atoms in total. The third-order valence-corrected chi connectivity index (χ3v) is 3.60. The Hall–Kier alpha value is -2.98. The molecule has 2 aromatic rings. The summed E-state index contributed by atoms with van der Waals surface area (Å²) in [5, 5.41) is 17.4. The molecule has 0 N–H and O–H groups in total. The van der Waals surface area contributed by atoms with Gasteiger partial charge in [0.15, 0.2) is 0 Å². The molecular weight excluding hydrogens is 288 g/mol. The molecule has 0 aliphatic carbocycles. The monoisotopic (exact) mass is 306 g/mol. The van der Waals surface area contributed by atoms with Crippen LogP contribution in [-0.2, 0) is 0 Å². The lowest BCUT2D eigenvalue weighted by Gasteiger charge is -2.21. The molecule has 0 aliphatic rings. The topological polar surface area (TPSA) is 66.0 Å². The first-order valence-electron chi connectivity index (χ1n) is 7.46. The molecule has 0 amide bonds. The number of hydrogen-bond donors (Lipinski definition) is 0. The number of benzene rings is 2. The van der Waals surface area contributed by atoms with Crippen LogP contribution in [-0.4, -0.2) is 0 Å². The van der Waals surface area contributed by atoms with Crippen LogP contribution in [0.4, 0.5) is 0 Å². The maximum absolute atomic E-state index is 8.85. The van der Waals surface area contributed by atoms with Crippen molar-refractivity contribution in [2.24, 2.45) is 5.92 Å². The molecule has 2 rings (SSSR count). The van der Waals surface area contributed by atoms with Crippen molar-refractivity contribution in [3.8, 4) is 24.0 Å². The predicted octanol–water partition coefficient (Wildman–Crippen LogP) is 4.58. The maximum Gasteiger partial charge on any atom is 0.292 e. The van der Waals surface area contributed by atoms with E-state index in [1.165, 1.54) is 0 Å². The zero-order chi connectivity index (χ0) is 16.7.